The van der Waals surface area contributed by atoms with Crippen molar-refractivity contribution < 1.29 is 19.5 Å². The molecule has 0 radical (unpaired) electrons. The zero-order valence-corrected chi connectivity index (χ0v) is 9.35. The molecule has 1 aromatic heterocycles. The number of hydrogen-bond donors (Lipinski definition) is 4. The van der Waals surface area contributed by atoms with Gasteiger partial charge in [-0.3, -0.25) is 4.90 Å². The van der Waals surface area contributed by atoms with Crippen molar-refractivity contribution in [2.45, 2.75) is 0 Å². The number of H-pyrrole nitrogens is 1. The van der Waals surface area contributed by atoms with Gasteiger partial charge < -0.3 is 15.3 Å². The molecule has 18 heavy (non-hydrogen) atoms. The van der Waals surface area contributed by atoms with Crippen molar-refractivity contribution in [2.24, 2.45) is 0 Å². The molecule has 6 nitrogen and oxygen atoms in total. The van der Waals surface area contributed by atoms with Gasteiger partial charge in [0.2, 0.25) is 0 Å². The van der Waals surface area contributed by atoms with Gasteiger partial charge in [-0.1, -0.05) is 0 Å². The van der Waals surface area contributed by atoms with Crippen molar-refractivity contribution in [3.63, 3.8) is 0 Å². The summed E-state index contributed by atoms with van der Waals surface area (Å²) in [7, 11) is 0. The highest BCUT2D eigenvalue weighted by atomic mass is 19.1. The second-order valence-electron chi connectivity index (χ2n) is 3.71. The second-order valence-corrected chi connectivity index (χ2v) is 3.71. The Hall–Kier alpha value is -2.12. The van der Waals surface area contributed by atoms with Gasteiger partial charge in [0, 0.05) is 30.2 Å². The Morgan fingerprint density at radius 1 is 1.50 bits per heavy atom. The first kappa shape index (κ1) is 12.3. The predicted molar refractivity (Wildman–Crippen MR) is 63.4 cm³/mol. The largest absolute Gasteiger partial charge is 0.465 e. The van der Waals surface area contributed by atoms with Crippen LogP contribution in [0.15, 0.2) is 24.4 Å². The summed E-state index contributed by atoms with van der Waals surface area (Å²) < 4.78 is 13.2. The van der Waals surface area contributed by atoms with Gasteiger partial charge in [0.25, 0.3) is 0 Å². The number of rotatable bonds is 4. The molecule has 1 heterocycles. The zero-order chi connectivity index (χ0) is 13.1. The lowest BCUT2D eigenvalue weighted by atomic mass is 10.2. The molecule has 0 saturated carbocycles. The van der Waals surface area contributed by atoms with Crippen molar-refractivity contribution in [2.75, 3.05) is 18.0 Å². The van der Waals surface area contributed by atoms with Crippen LogP contribution in [0.2, 0.25) is 0 Å². The van der Waals surface area contributed by atoms with E-state index < -0.39 is 11.9 Å². The first-order valence-corrected chi connectivity index (χ1v) is 5.27. The first-order valence-electron chi connectivity index (χ1n) is 5.27. The fourth-order valence-corrected chi connectivity index (χ4v) is 1.78. The number of aromatic nitrogens is 1. The van der Waals surface area contributed by atoms with Crippen LogP contribution in [0.1, 0.15) is 0 Å². The average molecular weight is 253 g/mol. The molecule has 0 saturated heterocycles. The van der Waals surface area contributed by atoms with Crippen LogP contribution in [0.5, 0.6) is 0 Å². The topological polar surface area (TPSA) is 88.6 Å². The summed E-state index contributed by atoms with van der Waals surface area (Å²) in [6, 6.07) is 4.10. The molecule has 1 amide bonds. The smallest absolute Gasteiger partial charge is 0.411 e. The van der Waals surface area contributed by atoms with Crippen LogP contribution in [0.3, 0.4) is 0 Å². The lowest BCUT2D eigenvalue weighted by Crippen LogP contribution is -2.35. The van der Waals surface area contributed by atoms with Gasteiger partial charge in [0.15, 0.2) is 0 Å². The average Bonchev–Trinajstić information content (AvgIpc) is 2.72. The molecular weight excluding hydrogens is 241 g/mol. The third-order valence-corrected chi connectivity index (χ3v) is 2.59. The Labute approximate surface area is 102 Å². The van der Waals surface area contributed by atoms with Crippen LogP contribution in [0.25, 0.3) is 10.9 Å². The summed E-state index contributed by atoms with van der Waals surface area (Å²) in [5.41, 5.74) is 2.89. The molecule has 0 aliphatic rings. The number of nitrogens with zero attached hydrogens (tertiary/aromatic N) is 1. The summed E-state index contributed by atoms with van der Waals surface area (Å²) in [5.74, 6) is -0.436. The Bertz CT molecular complexity index is 570. The molecule has 4 N–H and O–H groups in total. The van der Waals surface area contributed by atoms with Crippen molar-refractivity contribution >= 4 is 22.7 Å². The summed E-state index contributed by atoms with van der Waals surface area (Å²) >= 11 is 0. The monoisotopic (exact) mass is 253 g/mol. The van der Waals surface area contributed by atoms with Gasteiger partial charge in [-0.2, -0.15) is 0 Å². The molecule has 0 fully saturated rings. The third kappa shape index (κ3) is 2.27. The number of nitrogens with one attached hydrogen (secondary N) is 2. The van der Waals surface area contributed by atoms with E-state index in [1.807, 2.05) is 5.48 Å². The van der Waals surface area contributed by atoms with E-state index in [1.165, 1.54) is 18.3 Å². The predicted octanol–water partition coefficient (Wildman–Crippen LogP) is 1.77. The maximum Gasteiger partial charge on any atom is 0.411 e. The van der Waals surface area contributed by atoms with Gasteiger partial charge in [-0.15, -0.1) is 0 Å². The Balaban J connectivity index is 2.43. The van der Waals surface area contributed by atoms with E-state index in [9.17, 15) is 9.18 Å². The maximum absolute atomic E-state index is 13.2. The van der Waals surface area contributed by atoms with Crippen LogP contribution in [0.4, 0.5) is 14.9 Å². The standard InChI is InChI=1S/C11H12FN3O3/c12-7-1-2-9-8(5-7)10(6-13-9)15(11(16)17)4-3-14-18/h1-2,5-6,13-14,18H,3-4H2,(H,16,17). The van der Waals surface area contributed by atoms with E-state index in [1.54, 1.807) is 6.07 Å². The van der Waals surface area contributed by atoms with Crippen molar-refractivity contribution in [1.82, 2.24) is 10.5 Å². The number of amides is 1. The number of halogens is 1. The maximum atomic E-state index is 13.2. The van der Waals surface area contributed by atoms with Crippen molar-refractivity contribution in [1.29, 1.82) is 0 Å². The fraction of sp³-hybridized carbons (Fsp3) is 0.182. The van der Waals surface area contributed by atoms with Crippen LogP contribution in [0, 0.1) is 5.82 Å². The summed E-state index contributed by atoms with van der Waals surface area (Å²) in [5, 5.41) is 18.1. The van der Waals surface area contributed by atoms with Crippen LogP contribution < -0.4 is 10.4 Å². The molecular formula is C11H12FN3O3. The molecule has 7 heteroatoms. The highest BCUT2D eigenvalue weighted by Crippen LogP contribution is 2.27. The van der Waals surface area contributed by atoms with Crippen LogP contribution >= 0.6 is 0 Å². The molecule has 0 spiro atoms. The molecule has 1 aromatic carbocycles. The first-order chi connectivity index (χ1) is 8.63. The highest BCUT2D eigenvalue weighted by molar-refractivity contribution is 6.00. The van der Waals surface area contributed by atoms with Crippen molar-refractivity contribution in [3.8, 4) is 0 Å². The van der Waals surface area contributed by atoms with E-state index in [0.717, 1.165) is 4.90 Å². The number of benzene rings is 1. The lowest BCUT2D eigenvalue weighted by Gasteiger charge is -2.17. The quantitative estimate of drug-likeness (QED) is 0.625. The number of carboxylic acid groups (broad SMARTS) is 1. The number of carbonyl (C=O) groups is 1. The summed E-state index contributed by atoms with van der Waals surface area (Å²) in [4.78, 5) is 15.0. The third-order valence-electron chi connectivity index (χ3n) is 2.59. The lowest BCUT2D eigenvalue weighted by molar-refractivity contribution is 0.167. The second kappa shape index (κ2) is 5.03. The summed E-state index contributed by atoms with van der Waals surface area (Å²) in [6.07, 6.45) is 0.325. The zero-order valence-electron chi connectivity index (χ0n) is 9.35. The Morgan fingerprint density at radius 2 is 2.28 bits per heavy atom. The minimum atomic E-state index is -1.17. The SMILES string of the molecule is O=C(O)N(CCNO)c1c[nH]c2ccc(F)cc12. The molecule has 0 aliphatic carbocycles. The van der Waals surface area contributed by atoms with E-state index >= 15 is 0 Å². The van der Waals surface area contributed by atoms with Gasteiger partial charge >= 0.3 is 6.09 Å². The number of hydroxylamine groups is 1. The van der Waals surface area contributed by atoms with E-state index in [-0.39, 0.29) is 13.1 Å². The molecule has 0 aliphatic heterocycles. The van der Waals surface area contributed by atoms with E-state index in [0.29, 0.717) is 16.6 Å². The van der Waals surface area contributed by atoms with Crippen LogP contribution in [-0.4, -0.2) is 34.5 Å². The molecule has 2 aromatic rings. The molecule has 0 atom stereocenters. The minimum Gasteiger partial charge on any atom is -0.465 e. The van der Waals surface area contributed by atoms with Gasteiger partial charge in [0.1, 0.15) is 5.82 Å². The molecule has 0 unspecified atom stereocenters. The molecule has 96 valence electrons. The Kier molecular flexibility index (Phi) is 3.45. The number of anilines is 1. The van der Waals surface area contributed by atoms with E-state index in [4.69, 9.17) is 10.3 Å². The Morgan fingerprint density at radius 3 is 2.94 bits per heavy atom. The van der Waals surface area contributed by atoms with Crippen LogP contribution in [-0.2, 0) is 0 Å². The van der Waals surface area contributed by atoms with Gasteiger partial charge in [-0.05, 0) is 18.2 Å². The number of hydrogen-bond acceptors (Lipinski definition) is 3. The number of aromatic amines is 1. The molecule has 0 bridgehead atoms. The molecule has 2 rings (SSSR count). The fourth-order valence-electron chi connectivity index (χ4n) is 1.78. The summed E-state index contributed by atoms with van der Waals surface area (Å²) in [6.45, 7) is 0.129. The van der Waals surface area contributed by atoms with Gasteiger partial charge in [0.05, 0.1) is 5.69 Å². The van der Waals surface area contributed by atoms with Gasteiger partial charge in [-0.25, -0.2) is 14.7 Å². The normalized spacial score (nSPS) is 10.8. The van der Waals surface area contributed by atoms with E-state index in [2.05, 4.69) is 4.98 Å². The minimum absolute atomic E-state index is 0.0509. The highest BCUT2D eigenvalue weighted by Gasteiger charge is 2.18. The number of fused-ring (bicyclic) bond motifs is 1. The van der Waals surface area contributed by atoms with Crippen molar-refractivity contribution in [3.05, 3.63) is 30.2 Å².